The number of rotatable bonds is 3. The Hall–Kier alpha value is -10.1. The minimum absolute atomic E-state index is 0.0525. The molecule has 0 saturated carbocycles. The maximum absolute atomic E-state index is 15.3. The Morgan fingerprint density at radius 3 is 1.82 bits per heavy atom. The van der Waals surface area contributed by atoms with Gasteiger partial charge in [-0.25, -0.2) is 0 Å². The van der Waals surface area contributed by atoms with Crippen molar-refractivity contribution in [3.63, 3.8) is 0 Å². The molecule has 11 aromatic carbocycles. The SMILES string of the molecule is O=C1c2ccccc2-c2cc(C3C=c4c(sc5cc(-c6ccc7c(c6)c(=O)n6c8ccc9c%10cccc%11c%12ccccc%12c(=O)n(c%11%10)c9c8c8cccc7c86)ccc45)=CC3)cc3c2C1c1ccc(-c2ccc4sc5ccccc5c4c2)cc1-3. The Morgan fingerprint density at radius 1 is 0.386 bits per heavy atom. The highest BCUT2D eigenvalue weighted by atomic mass is 32.1. The zero-order valence-electron chi connectivity index (χ0n) is 44.1. The van der Waals surface area contributed by atoms with Crippen LogP contribution in [0, 0.1) is 0 Å². The molecule has 0 aliphatic heterocycles. The molecule has 3 aliphatic carbocycles. The van der Waals surface area contributed by atoms with E-state index < -0.39 is 0 Å². The van der Waals surface area contributed by atoms with Gasteiger partial charge in [-0.2, -0.15) is 0 Å². The normalized spacial score (nSPS) is 15.5. The molecular weight excluding hydrogens is 1050 g/mol. The van der Waals surface area contributed by atoms with E-state index in [1.165, 1.54) is 62.3 Å². The number of aromatic nitrogens is 2. The van der Waals surface area contributed by atoms with Crippen molar-refractivity contribution in [2.24, 2.45) is 0 Å². The molecule has 5 nitrogen and oxygen atoms in total. The number of fused-ring (bicyclic) bond motifs is 22. The molecule has 0 spiro atoms. The molecule has 83 heavy (non-hydrogen) atoms. The minimum atomic E-state index is -0.334. The molecular formula is C76H40N2O3S2. The van der Waals surface area contributed by atoms with E-state index in [-0.39, 0.29) is 28.7 Å². The summed E-state index contributed by atoms with van der Waals surface area (Å²) in [5.74, 6) is -0.0290. The van der Waals surface area contributed by atoms with Crippen LogP contribution in [-0.2, 0) is 0 Å². The number of hydrogen-bond acceptors (Lipinski definition) is 5. The van der Waals surface area contributed by atoms with E-state index in [0.29, 0.717) is 10.8 Å². The summed E-state index contributed by atoms with van der Waals surface area (Å²) < 4.78 is 8.87. The lowest BCUT2D eigenvalue weighted by Crippen LogP contribution is -2.24. The molecule has 3 aliphatic rings. The number of pyridine rings is 2. The van der Waals surface area contributed by atoms with Crippen LogP contribution in [0.25, 0.3) is 163 Å². The number of thiophene rings is 2. The second-order valence-corrected chi connectivity index (χ2v) is 25.3. The smallest absolute Gasteiger partial charge is 0.263 e. The molecule has 0 saturated heterocycles. The van der Waals surface area contributed by atoms with E-state index in [1.807, 2.05) is 67.9 Å². The van der Waals surface area contributed by atoms with Gasteiger partial charge in [0.1, 0.15) is 0 Å². The van der Waals surface area contributed by atoms with Crippen LogP contribution in [0.4, 0.5) is 0 Å². The highest BCUT2D eigenvalue weighted by Gasteiger charge is 2.42. The van der Waals surface area contributed by atoms with E-state index in [9.17, 15) is 9.59 Å². The van der Waals surface area contributed by atoms with Crippen molar-refractivity contribution in [3.05, 3.63) is 259 Å². The van der Waals surface area contributed by atoms with Crippen molar-refractivity contribution in [1.29, 1.82) is 0 Å². The van der Waals surface area contributed by atoms with Gasteiger partial charge in [-0.15, -0.1) is 22.7 Å². The number of Topliss-reactive ketones (excluding diaryl/α,β-unsaturated/α-hetero) is 1. The summed E-state index contributed by atoms with van der Waals surface area (Å²) in [6.45, 7) is 0. The van der Waals surface area contributed by atoms with Crippen LogP contribution in [0.3, 0.4) is 0 Å². The first kappa shape index (κ1) is 44.7. The predicted molar refractivity (Wildman–Crippen MR) is 346 cm³/mol. The average molecular weight is 1090 g/mol. The van der Waals surface area contributed by atoms with Gasteiger partial charge >= 0.3 is 0 Å². The molecule has 7 heteroatoms. The zero-order valence-corrected chi connectivity index (χ0v) is 45.7. The van der Waals surface area contributed by atoms with Gasteiger partial charge < -0.3 is 0 Å². The standard InChI is InChI=1S/C76H40N2O3S2/c79-74-54-12-3-1-10-45(54)60-35-43(36-61-57-31-38(21-26-49(57)70(74)68(60)61)40-22-29-65-58(32-40)47-11-5-6-18-64(47)82-65)41-23-30-66-59(33-41)48-25-20-42(37-67(48)83-66)39-19-24-46-51-15-8-17-56-69-63(77(72(51)56)76(81)62(46)34-39)28-27-53-52-16-7-14-50-44-9-2-4-13-55(44)75(80)78(71(50)52)73(53)69/h1-22,24-37,41,70H,23H2. The minimum Gasteiger partial charge on any atom is -0.293 e. The molecule has 384 valence electrons. The van der Waals surface area contributed by atoms with Gasteiger partial charge in [0.05, 0.1) is 28.0 Å². The third-order valence-electron chi connectivity index (χ3n) is 19.1. The van der Waals surface area contributed by atoms with Crippen LogP contribution in [-0.4, -0.2) is 14.6 Å². The Labute approximate surface area is 479 Å². The lowest BCUT2D eigenvalue weighted by molar-refractivity contribution is 0.0974. The highest BCUT2D eigenvalue weighted by Crippen LogP contribution is 2.56. The Morgan fingerprint density at radius 2 is 0.976 bits per heavy atom. The van der Waals surface area contributed by atoms with Crippen LogP contribution in [0.15, 0.2) is 216 Å². The third-order valence-corrected chi connectivity index (χ3v) is 21.5. The van der Waals surface area contributed by atoms with Gasteiger partial charge in [-0.05, 0) is 132 Å². The number of ketones is 1. The van der Waals surface area contributed by atoms with Crippen LogP contribution < -0.4 is 20.9 Å². The van der Waals surface area contributed by atoms with Crippen LogP contribution in [0.2, 0.25) is 0 Å². The van der Waals surface area contributed by atoms with Gasteiger partial charge in [0.25, 0.3) is 11.1 Å². The maximum atomic E-state index is 15.3. The second kappa shape index (κ2) is 15.7. The van der Waals surface area contributed by atoms with Crippen molar-refractivity contribution in [2.45, 2.75) is 18.3 Å². The Balaban J connectivity index is 0.711. The summed E-state index contributed by atoms with van der Waals surface area (Å²) >= 11 is 3.67. The molecule has 2 atom stereocenters. The topological polar surface area (TPSA) is 60.0 Å². The molecule has 0 radical (unpaired) electrons. The first-order valence-corrected chi connectivity index (χ1v) is 30.0. The molecule has 6 heterocycles. The van der Waals surface area contributed by atoms with Crippen molar-refractivity contribution < 1.29 is 4.79 Å². The number of carbonyl (C=O) groups is 1. The summed E-state index contributed by atoms with van der Waals surface area (Å²) in [5.41, 5.74) is 16.5. The summed E-state index contributed by atoms with van der Waals surface area (Å²) in [5, 5.41) is 14.2. The monoisotopic (exact) mass is 1090 g/mol. The maximum Gasteiger partial charge on any atom is 0.263 e. The van der Waals surface area contributed by atoms with Gasteiger partial charge in [0, 0.05) is 89.4 Å². The fraction of sp³-hybridized carbons (Fsp3) is 0.0395. The van der Waals surface area contributed by atoms with E-state index in [4.69, 9.17) is 0 Å². The first-order valence-electron chi connectivity index (χ1n) is 28.4. The summed E-state index contributed by atoms with van der Waals surface area (Å²) in [6.07, 6.45) is 5.77. The van der Waals surface area contributed by atoms with Gasteiger partial charge in [0.15, 0.2) is 5.78 Å². The molecule has 17 aromatic rings. The van der Waals surface area contributed by atoms with Crippen LogP contribution in [0.5, 0.6) is 0 Å². The van der Waals surface area contributed by atoms with Crippen molar-refractivity contribution >= 4 is 147 Å². The van der Waals surface area contributed by atoms with Crippen LogP contribution >= 0.6 is 22.7 Å². The fourth-order valence-corrected chi connectivity index (χ4v) is 17.8. The molecule has 0 amide bonds. The van der Waals surface area contributed by atoms with Gasteiger partial charge in [-0.1, -0.05) is 170 Å². The quantitative estimate of drug-likeness (QED) is 0.166. The van der Waals surface area contributed by atoms with Crippen molar-refractivity contribution in [3.8, 4) is 44.5 Å². The van der Waals surface area contributed by atoms with Crippen LogP contribution in [0.1, 0.15) is 45.3 Å². The summed E-state index contributed by atoms with van der Waals surface area (Å²) in [4.78, 5) is 44.5. The predicted octanol–water partition coefficient (Wildman–Crippen LogP) is 17.3. The number of para-hydroxylation sites is 2. The largest absolute Gasteiger partial charge is 0.293 e. The number of nitrogens with zero attached hydrogens (tertiary/aromatic N) is 2. The Bertz CT molecular complexity index is 6190. The fourth-order valence-electron chi connectivity index (χ4n) is 15.5. The van der Waals surface area contributed by atoms with Gasteiger partial charge in [-0.3, -0.25) is 23.2 Å². The lowest BCUT2D eigenvalue weighted by atomic mass is 9.75. The molecule has 6 aromatic heterocycles. The molecule has 0 fully saturated rings. The highest BCUT2D eigenvalue weighted by molar-refractivity contribution is 7.25. The van der Waals surface area contributed by atoms with Crippen molar-refractivity contribution in [2.75, 3.05) is 0 Å². The third kappa shape index (κ3) is 5.68. The number of hydrogen-bond donors (Lipinski definition) is 0. The molecule has 2 unspecified atom stereocenters. The number of carbonyl (C=O) groups excluding carboxylic acids is 1. The summed E-state index contributed by atoms with van der Waals surface area (Å²) in [6, 6.07) is 73.1. The van der Waals surface area contributed by atoms with E-state index in [2.05, 4.69) is 182 Å². The molecule has 20 rings (SSSR count). The first-order chi connectivity index (χ1) is 40.9. The summed E-state index contributed by atoms with van der Waals surface area (Å²) in [7, 11) is 0. The molecule has 0 N–H and O–H groups in total. The van der Waals surface area contributed by atoms with E-state index in [1.54, 1.807) is 0 Å². The average Bonchev–Trinajstić information content (AvgIpc) is 4.52. The van der Waals surface area contributed by atoms with Gasteiger partial charge in [0.2, 0.25) is 0 Å². The zero-order chi connectivity index (χ0) is 54.2. The molecule has 0 bridgehead atoms. The second-order valence-electron chi connectivity index (χ2n) is 23.1. The van der Waals surface area contributed by atoms with E-state index in [0.717, 1.165) is 116 Å². The van der Waals surface area contributed by atoms with E-state index >= 15 is 4.79 Å². The Kier molecular flexibility index (Phi) is 8.44. The van der Waals surface area contributed by atoms with Crippen molar-refractivity contribution in [1.82, 2.24) is 8.80 Å². The lowest BCUT2D eigenvalue weighted by Gasteiger charge is -2.26. The number of benzene rings is 11.